The first-order valence-electron chi connectivity index (χ1n) is 10.9. The fourth-order valence-electron chi connectivity index (χ4n) is 4.53. The van der Waals surface area contributed by atoms with Gasteiger partial charge in [0.1, 0.15) is 0 Å². The fraction of sp³-hybridized carbons (Fsp3) is 0.400. The summed E-state index contributed by atoms with van der Waals surface area (Å²) in [4.78, 5) is 19.8. The van der Waals surface area contributed by atoms with E-state index in [4.69, 9.17) is 0 Å². The van der Waals surface area contributed by atoms with E-state index in [1.54, 1.807) is 12.1 Å². The average Bonchev–Trinajstić information content (AvgIpc) is 3.06. The molecule has 2 heterocycles. The molecule has 2 aromatic carbocycles. The van der Waals surface area contributed by atoms with Crippen LogP contribution in [-0.4, -0.2) is 53.7 Å². The molecule has 1 saturated heterocycles. The Morgan fingerprint density at radius 2 is 1.83 bits per heavy atom. The SMILES string of the molecule is Cc1cccc(N2CCN(CCCCc3c(C)[nH]c4ccc(C(=O)O)cc34)CC2)c1. The van der Waals surface area contributed by atoms with E-state index in [0.717, 1.165) is 68.6 Å². The van der Waals surface area contributed by atoms with E-state index in [-0.39, 0.29) is 0 Å². The summed E-state index contributed by atoms with van der Waals surface area (Å²) in [6.45, 7) is 9.76. The zero-order valence-corrected chi connectivity index (χ0v) is 17.9. The van der Waals surface area contributed by atoms with Gasteiger partial charge in [0.15, 0.2) is 0 Å². The van der Waals surface area contributed by atoms with Crippen molar-refractivity contribution in [2.75, 3.05) is 37.6 Å². The number of carboxylic acid groups (broad SMARTS) is 1. The number of unbranched alkanes of at least 4 members (excludes halogenated alkanes) is 1. The number of aromatic carboxylic acids is 1. The van der Waals surface area contributed by atoms with E-state index in [1.165, 1.54) is 16.8 Å². The van der Waals surface area contributed by atoms with Crippen LogP contribution < -0.4 is 4.90 Å². The molecule has 3 aromatic rings. The monoisotopic (exact) mass is 405 g/mol. The maximum absolute atomic E-state index is 11.3. The van der Waals surface area contributed by atoms with Gasteiger partial charge in [0, 0.05) is 48.5 Å². The van der Waals surface area contributed by atoms with Crippen LogP contribution in [0.15, 0.2) is 42.5 Å². The van der Waals surface area contributed by atoms with Gasteiger partial charge in [-0.05, 0) is 81.1 Å². The number of fused-ring (bicyclic) bond motifs is 1. The van der Waals surface area contributed by atoms with E-state index < -0.39 is 5.97 Å². The molecule has 0 atom stereocenters. The van der Waals surface area contributed by atoms with Crippen LogP contribution in [0.4, 0.5) is 5.69 Å². The molecule has 2 N–H and O–H groups in total. The molecule has 5 nitrogen and oxygen atoms in total. The van der Waals surface area contributed by atoms with Crippen molar-refractivity contribution in [3.8, 4) is 0 Å². The normalized spacial score (nSPS) is 15.1. The van der Waals surface area contributed by atoms with Crippen molar-refractivity contribution in [2.24, 2.45) is 0 Å². The van der Waals surface area contributed by atoms with Crippen LogP contribution in [0.3, 0.4) is 0 Å². The second-order valence-electron chi connectivity index (χ2n) is 8.42. The lowest BCUT2D eigenvalue weighted by atomic mass is 10.0. The summed E-state index contributed by atoms with van der Waals surface area (Å²) in [6.07, 6.45) is 3.26. The number of aromatic nitrogens is 1. The van der Waals surface area contributed by atoms with E-state index in [1.807, 2.05) is 6.07 Å². The minimum Gasteiger partial charge on any atom is -0.478 e. The van der Waals surface area contributed by atoms with Gasteiger partial charge in [-0.1, -0.05) is 12.1 Å². The number of aromatic amines is 1. The number of nitrogens with one attached hydrogen (secondary N) is 1. The molecule has 5 heteroatoms. The molecule has 1 aliphatic rings. The molecule has 0 aliphatic carbocycles. The molecule has 4 rings (SSSR count). The minimum atomic E-state index is -0.869. The highest BCUT2D eigenvalue weighted by atomic mass is 16.4. The summed E-state index contributed by atoms with van der Waals surface area (Å²) in [7, 11) is 0. The molecular formula is C25H31N3O2. The number of benzene rings is 2. The van der Waals surface area contributed by atoms with Gasteiger partial charge in [-0.2, -0.15) is 0 Å². The van der Waals surface area contributed by atoms with Crippen molar-refractivity contribution >= 4 is 22.6 Å². The number of hydrogen-bond donors (Lipinski definition) is 2. The Morgan fingerprint density at radius 1 is 1.03 bits per heavy atom. The van der Waals surface area contributed by atoms with Crippen LogP contribution in [0.1, 0.15) is 40.0 Å². The highest BCUT2D eigenvalue weighted by Gasteiger charge is 2.17. The van der Waals surface area contributed by atoms with Crippen molar-refractivity contribution in [1.29, 1.82) is 0 Å². The van der Waals surface area contributed by atoms with E-state index in [2.05, 4.69) is 52.9 Å². The van der Waals surface area contributed by atoms with Gasteiger partial charge in [0.25, 0.3) is 0 Å². The Morgan fingerprint density at radius 3 is 2.57 bits per heavy atom. The van der Waals surface area contributed by atoms with E-state index >= 15 is 0 Å². The zero-order valence-electron chi connectivity index (χ0n) is 17.9. The number of hydrogen-bond acceptors (Lipinski definition) is 3. The Hall–Kier alpha value is -2.79. The minimum absolute atomic E-state index is 0.356. The molecule has 1 aliphatic heterocycles. The number of nitrogens with zero attached hydrogens (tertiary/aromatic N) is 2. The van der Waals surface area contributed by atoms with Crippen LogP contribution in [0.25, 0.3) is 10.9 Å². The lowest BCUT2D eigenvalue weighted by Gasteiger charge is -2.36. The molecule has 1 fully saturated rings. The highest BCUT2D eigenvalue weighted by molar-refractivity contribution is 5.95. The summed E-state index contributed by atoms with van der Waals surface area (Å²) in [5.41, 5.74) is 6.45. The van der Waals surface area contributed by atoms with E-state index in [0.29, 0.717) is 5.56 Å². The fourth-order valence-corrected chi connectivity index (χ4v) is 4.53. The number of aryl methyl sites for hydroxylation is 3. The standard InChI is InChI=1S/C25H31N3O2/c1-18-6-5-7-21(16-18)28-14-12-27(13-15-28)11-4-3-8-22-19(2)26-24-10-9-20(25(29)30)17-23(22)24/h5-7,9-10,16-17,26H,3-4,8,11-15H2,1-2H3,(H,29,30). The van der Waals surface area contributed by atoms with Gasteiger partial charge in [0.2, 0.25) is 0 Å². The second-order valence-corrected chi connectivity index (χ2v) is 8.42. The van der Waals surface area contributed by atoms with Crippen LogP contribution in [-0.2, 0) is 6.42 Å². The van der Waals surface area contributed by atoms with Gasteiger partial charge in [-0.25, -0.2) is 4.79 Å². The number of carbonyl (C=O) groups is 1. The zero-order chi connectivity index (χ0) is 21.1. The molecule has 0 radical (unpaired) electrons. The third-order valence-electron chi connectivity index (χ3n) is 6.26. The Labute approximate surface area is 178 Å². The van der Waals surface area contributed by atoms with Crippen LogP contribution >= 0.6 is 0 Å². The molecule has 0 bridgehead atoms. The number of rotatable bonds is 7. The summed E-state index contributed by atoms with van der Waals surface area (Å²) in [5, 5.41) is 10.3. The van der Waals surface area contributed by atoms with Gasteiger partial charge in [-0.3, -0.25) is 4.90 Å². The van der Waals surface area contributed by atoms with Gasteiger partial charge in [0.05, 0.1) is 5.56 Å². The lowest BCUT2D eigenvalue weighted by Crippen LogP contribution is -2.46. The van der Waals surface area contributed by atoms with Crippen molar-refractivity contribution in [3.05, 3.63) is 64.8 Å². The number of H-pyrrole nitrogens is 1. The maximum Gasteiger partial charge on any atom is 0.335 e. The summed E-state index contributed by atoms with van der Waals surface area (Å²) < 4.78 is 0. The predicted octanol–water partition coefficient (Wildman–Crippen LogP) is 4.63. The maximum atomic E-state index is 11.3. The third-order valence-corrected chi connectivity index (χ3v) is 6.26. The van der Waals surface area contributed by atoms with Crippen LogP contribution in [0.5, 0.6) is 0 Å². The molecule has 1 aromatic heterocycles. The molecule has 0 unspecified atom stereocenters. The second kappa shape index (κ2) is 8.92. The molecular weight excluding hydrogens is 374 g/mol. The van der Waals surface area contributed by atoms with Crippen molar-refractivity contribution in [3.63, 3.8) is 0 Å². The summed E-state index contributed by atoms with van der Waals surface area (Å²) >= 11 is 0. The van der Waals surface area contributed by atoms with Gasteiger partial charge < -0.3 is 15.0 Å². The smallest absolute Gasteiger partial charge is 0.335 e. The van der Waals surface area contributed by atoms with E-state index in [9.17, 15) is 9.90 Å². The average molecular weight is 406 g/mol. The molecule has 0 spiro atoms. The molecule has 158 valence electrons. The first kappa shape index (κ1) is 20.5. The van der Waals surface area contributed by atoms with Crippen molar-refractivity contribution in [2.45, 2.75) is 33.1 Å². The topological polar surface area (TPSA) is 59.6 Å². The predicted molar refractivity (Wildman–Crippen MR) is 123 cm³/mol. The van der Waals surface area contributed by atoms with Crippen LogP contribution in [0.2, 0.25) is 0 Å². The van der Waals surface area contributed by atoms with Crippen LogP contribution in [0, 0.1) is 13.8 Å². The first-order valence-corrected chi connectivity index (χ1v) is 10.9. The number of piperazine rings is 1. The highest BCUT2D eigenvalue weighted by Crippen LogP contribution is 2.25. The van der Waals surface area contributed by atoms with Gasteiger partial charge >= 0.3 is 5.97 Å². The molecule has 0 amide bonds. The van der Waals surface area contributed by atoms with Crippen molar-refractivity contribution < 1.29 is 9.90 Å². The van der Waals surface area contributed by atoms with Crippen molar-refractivity contribution in [1.82, 2.24) is 9.88 Å². The first-order chi connectivity index (χ1) is 14.5. The summed E-state index contributed by atoms with van der Waals surface area (Å²) in [6, 6.07) is 14.1. The lowest BCUT2D eigenvalue weighted by molar-refractivity contribution is 0.0697. The molecule has 30 heavy (non-hydrogen) atoms. The largest absolute Gasteiger partial charge is 0.478 e. The van der Waals surface area contributed by atoms with Gasteiger partial charge in [-0.15, -0.1) is 0 Å². The third kappa shape index (κ3) is 4.51. The Balaban J connectivity index is 1.27. The molecule has 0 saturated carbocycles. The number of anilines is 1. The summed E-state index contributed by atoms with van der Waals surface area (Å²) in [5.74, 6) is -0.869. The quantitative estimate of drug-likeness (QED) is 0.563. The Kier molecular flexibility index (Phi) is 6.09. The number of carboxylic acids is 1. The Bertz CT molecular complexity index is 1030.